The third kappa shape index (κ3) is 4.55. The molecule has 2 rings (SSSR count). The topological polar surface area (TPSA) is 51.2 Å². The number of carbonyl (C=O) groups is 1. The van der Waals surface area contributed by atoms with Gasteiger partial charge in [0.2, 0.25) is 0 Å². The summed E-state index contributed by atoms with van der Waals surface area (Å²) in [6.45, 7) is 9.34. The standard InChI is InChI=1S/C22H24N2O2/c1-7-10-22(5,6)24-21(25)19(9-3)26-18-11-15(4)20-17(13-18)12-16(8-2)14-23-20/h2,11-14,19H,9H2,1,3-6H3,(H,24,25). The fourth-order valence-electron chi connectivity index (χ4n) is 2.76. The first-order chi connectivity index (χ1) is 12.3. The number of aromatic nitrogens is 1. The minimum Gasteiger partial charge on any atom is -0.481 e. The van der Waals surface area contributed by atoms with E-state index in [4.69, 9.17) is 11.2 Å². The SMILES string of the molecule is C#Cc1cnc2c(C)cc(OC(CC)C(=O)NC(C)(C)C#CC)cc2c1. The molecule has 0 bridgehead atoms. The summed E-state index contributed by atoms with van der Waals surface area (Å²) in [4.78, 5) is 17.0. The predicted molar refractivity (Wildman–Crippen MR) is 105 cm³/mol. The number of pyridine rings is 1. The van der Waals surface area contributed by atoms with Crippen molar-refractivity contribution in [3.63, 3.8) is 0 Å². The molecular weight excluding hydrogens is 324 g/mol. The number of benzene rings is 1. The number of nitrogens with one attached hydrogen (secondary N) is 1. The molecule has 1 N–H and O–H groups in total. The van der Waals surface area contributed by atoms with Crippen molar-refractivity contribution in [2.45, 2.75) is 52.7 Å². The molecule has 4 nitrogen and oxygen atoms in total. The van der Waals surface area contributed by atoms with Crippen LogP contribution in [0.3, 0.4) is 0 Å². The van der Waals surface area contributed by atoms with Gasteiger partial charge in [-0.2, -0.15) is 0 Å². The number of amides is 1. The zero-order valence-electron chi connectivity index (χ0n) is 15.9. The fourth-order valence-corrected chi connectivity index (χ4v) is 2.76. The number of hydrogen-bond acceptors (Lipinski definition) is 3. The number of fused-ring (bicyclic) bond motifs is 1. The van der Waals surface area contributed by atoms with Crippen molar-refractivity contribution in [3.05, 3.63) is 35.5 Å². The van der Waals surface area contributed by atoms with E-state index in [-0.39, 0.29) is 5.91 Å². The Morgan fingerprint density at radius 1 is 1.38 bits per heavy atom. The maximum absolute atomic E-state index is 12.6. The number of rotatable bonds is 5. The Balaban J connectivity index is 2.28. The summed E-state index contributed by atoms with van der Waals surface area (Å²) in [7, 11) is 0. The molecular formula is C22H24N2O2. The molecule has 134 valence electrons. The van der Waals surface area contributed by atoms with Crippen LogP contribution in [0, 0.1) is 31.1 Å². The van der Waals surface area contributed by atoms with Crippen LogP contribution in [0.4, 0.5) is 0 Å². The number of hydrogen-bond donors (Lipinski definition) is 1. The van der Waals surface area contributed by atoms with Gasteiger partial charge in [-0.3, -0.25) is 9.78 Å². The van der Waals surface area contributed by atoms with Gasteiger partial charge in [-0.15, -0.1) is 12.3 Å². The molecule has 4 heteroatoms. The largest absolute Gasteiger partial charge is 0.481 e. The van der Waals surface area contributed by atoms with Crippen molar-refractivity contribution in [2.75, 3.05) is 0 Å². The highest BCUT2D eigenvalue weighted by Gasteiger charge is 2.25. The van der Waals surface area contributed by atoms with Gasteiger partial charge in [0, 0.05) is 17.1 Å². The Hall–Kier alpha value is -2.98. The van der Waals surface area contributed by atoms with Crippen LogP contribution in [0.15, 0.2) is 24.4 Å². The highest BCUT2D eigenvalue weighted by molar-refractivity contribution is 5.85. The van der Waals surface area contributed by atoms with E-state index in [1.807, 2.05) is 45.9 Å². The molecule has 0 radical (unpaired) electrons. The summed E-state index contributed by atoms with van der Waals surface area (Å²) >= 11 is 0. The molecule has 1 amide bonds. The van der Waals surface area contributed by atoms with Crippen LogP contribution in [0.5, 0.6) is 5.75 Å². The fraction of sp³-hybridized carbons (Fsp3) is 0.364. The van der Waals surface area contributed by atoms with Gasteiger partial charge in [0.15, 0.2) is 6.10 Å². The lowest BCUT2D eigenvalue weighted by Gasteiger charge is -2.24. The molecule has 0 aliphatic carbocycles. The van der Waals surface area contributed by atoms with E-state index in [2.05, 4.69) is 28.1 Å². The lowest BCUT2D eigenvalue weighted by atomic mass is 10.1. The summed E-state index contributed by atoms with van der Waals surface area (Å²) in [5.41, 5.74) is 1.94. The number of ether oxygens (including phenoxy) is 1. The summed E-state index contributed by atoms with van der Waals surface area (Å²) in [5.74, 6) is 8.82. The van der Waals surface area contributed by atoms with E-state index in [0.717, 1.165) is 16.5 Å². The number of nitrogens with zero attached hydrogens (tertiary/aromatic N) is 1. The molecule has 0 spiro atoms. The van der Waals surface area contributed by atoms with Crippen molar-refractivity contribution in [2.24, 2.45) is 0 Å². The summed E-state index contributed by atoms with van der Waals surface area (Å²) in [6, 6.07) is 5.64. The molecule has 1 unspecified atom stereocenters. The molecule has 26 heavy (non-hydrogen) atoms. The Morgan fingerprint density at radius 2 is 2.12 bits per heavy atom. The monoisotopic (exact) mass is 348 g/mol. The first kappa shape index (κ1) is 19.3. The van der Waals surface area contributed by atoms with Crippen molar-refractivity contribution >= 4 is 16.8 Å². The molecule has 1 aromatic heterocycles. The van der Waals surface area contributed by atoms with Crippen LogP contribution in [0.2, 0.25) is 0 Å². The third-order valence-corrected chi connectivity index (χ3v) is 3.93. The Morgan fingerprint density at radius 3 is 2.73 bits per heavy atom. The molecule has 0 fully saturated rings. The molecule has 0 saturated carbocycles. The smallest absolute Gasteiger partial charge is 0.262 e. The minimum atomic E-state index is -0.604. The van der Waals surface area contributed by atoms with Crippen molar-refractivity contribution in [1.29, 1.82) is 0 Å². The number of carbonyl (C=O) groups excluding carboxylic acids is 1. The van der Waals surface area contributed by atoms with E-state index in [9.17, 15) is 4.79 Å². The number of aryl methyl sites for hydroxylation is 1. The van der Waals surface area contributed by atoms with E-state index in [0.29, 0.717) is 17.7 Å². The van der Waals surface area contributed by atoms with Crippen LogP contribution in [0.25, 0.3) is 10.9 Å². The highest BCUT2D eigenvalue weighted by atomic mass is 16.5. The van der Waals surface area contributed by atoms with Gasteiger partial charge in [0.05, 0.1) is 11.1 Å². The molecule has 2 aromatic rings. The second-order valence-electron chi connectivity index (χ2n) is 6.68. The van der Waals surface area contributed by atoms with Gasteiger partial charge < -0.3 is 10.1 Å². The Kier molecular flexibility index (Phi) is 5.90. The second kappa shape index (κ2) is 7.93. The van der Waals surface area contributed by atoms with E-state index in [1.165, 1.54) is 0 Å². The van der Waals surface area contributed by atoms with Gasteiger partial charge >= 0.3 is 0 Å². The molecule has 0 saturated heterocycles. The Labute approximate surface area is 155 Å². The minimum absolute atomic E-state index is 0.187. The summed E-state index contributed by atoms with van der Waals surface area (Å²) in [5, 5.41) is 3.81. The third-order valence-electron chi connectivity index (χ3n) is 3.93. The molecule has 1 atom stereocenters. The van der Waals surface area contributed by atoms with E-state index >= 15 is 0 Å². The van der Waals surface area contributed by atoms with Crippen LogP contribution < -0.4 is 10.1 Å². The lowest BCUT2D eigenvalue weighted by Crippen LogP contribution is -2.48. The normalized spacial score (nSPS) is 11.8. The van der Waals surface area contributed by atoms with Crippen molar-refractivity contribution in [1.82, 2.24) is 10.3 Å². The van der Waals surface area contributed by atoms with Crippen LogP contribution >= 0.6 is 0 Å². The van der Waals surface area contributed by atoms with Crippen LogP contribution in [-0.4, -0.2) is 22.5 Å². The first-order valence-electron chi connectivity index (χ1n) is 8.59. The van der Waals surface area contributed by atoms with Crippen molar-refractivity contribution in [3.8, 4) is 29.9 Å². The highest BCUT2D eigenvalue weighted by Crippen LogP contribution is 2.25. The van der Waals surface area contributed by atoms with Crippen LogP contribution in [0.1, 0.15) is 45.2 Å². The zero-order valence-corrected chi connectivity index (χ0v) is 15.9. The second-order valence-corrected chi connectivity index (χ2v) is 6.68. The average Bonchev–Trinajstić information content (AvgIpc) is 2.58. The molecule has 0 aliphatic heterocycles. The van der Waals surface area contributed by atoms with Crippen molar-refractivity contribution < 1.29 is 9.53 Å². The van der Waals surface area contributed by atoms with E-state index in [1.54, 1.807) is 13.1 Å². The summed E-state index contributed by atoms with van der Waals surface area (Å²) in [6.07, 6.45) is 7.07. The molecule has 1 aromatic carbocycles. The Bertz CT molecular complexity index is 927. The van der Waals surface area contributed by atoms with Crippen LogP contribution in [-0.2, 0) is 4.79 Å². The zero-order chi connectivity index (χ0) is 19.3. The van der Waals surface area contributed by atoms with Gasteiger partial charge in [0.1, 0.15) is 5.75 Å². The molecule has 1 heterocycles. The summed E-state index contributed by atoms with van der Waals surface area (Å²) < 4.78 is 5.97. The predicted octanol–water partition coefficient (Wildman–Crippen LogP) is 3.60. The average molecular weight is 348 g/mol. The maximum Gasteiger partial charge on any atom is 0.262 e. The van der Waals surface area contributed by atoms with Gasteiger partial charge in [-0.1, -0.05) is 18.8 Å². The quantitative estimate of drug-likeness (QED) is 0.840. The maximum atomic E-state index is 12.6. The number of terminal acetylenes is 1. The van der Waals surface area contributed by atoms with Gasteiger partial charge in [0.25, 0.3) is 5.91 Å². The lowest BCUT2D eigenvalue weighted by molar-refractivity contribution is -0.129. The van der Waals surface area contributed by atoms with E-state index < -0.39 is 11.6 Å². The van der Waals surface area contributed by atoms with Gasteiger partial charge in [-0.25, -0.2) is 0 Å². The molecule has 0 aliphatic rings. The first-order valence-corrected chi connectivity index (χ1v) is 8.59. The van der Waals surface area contributed by atoms with Gasteiger partial charge in [-0.05, 0) is 57.9 Å².